The van der Waals surface area contributed by atoms with Crippen molar-refractivity contribution in [3.8, 4) is 6.07 Å². The van der Waals surface area contributed by atoms with Gasteiger partial charge in [0.05, 0.1) is 10.9 Å². The van der Waals surface area contributed by atoms with Crippen LogP contribution >= 0.6 is 0 Å². The van der Waals surface area contributed by atoms with Gasteiger partial charge >= 0.3 is 0 Å². The first-order chi connectivity index (χ1) is 15.9. The third-order valence-corrected chi connectivity index (χ3v) is 8.38. The molecule has 2 N–H and O–H groups in total. The highest BCUT2D eigenvalue weighted by Crippen LogP contribution is 2.32. The van der Waals surface area contributed by atoms with Crippen molar-refractivity contribution in [1.29, 1.82) is 10.7 Å². The fourth-order valence-electron chi connectivity index (χ4n) is 4.78. The molecule has 1 fully saturated rings. The van der Waals surface area contributed by atoms with Crippen LogP contribution in [0.2, 0.25) is 0 Å². The molecule has 0 saturated heterocycles. The van der Waals surface area contributed by atoms with Crippen molar-refractivity contribution in [2.75, 3.05) is 0 Å². The average molecular weight is 463 g/mol. The molecule has 1 heterocycles. The van der Waals surface area contributed by atoms with Crippen LogP contribution in [0.15, 0.2) is 70.8 Å². The Bertz CT molecular complexity index is 1180. The number of nitriles is 1. The molecule has 4 rings (SSSR count). The quantitative estimate of drug-likeness (QED) is 0.651. The Morgan fingerprint density at radius 1 is 1.06 bits per heavy atom. The summed E-state index contributed by atoms with van der Waals surface area (Å²) < 4.78 is 28.6. The number of benzene rings is 2. The summed E-state index contributed by atoms with van der Waals surface area (Å²) in [6, 6.07) is 18.3. The fraction of sp³-hybridized carbons (Fsp3) is 0.385. The van der Waals surface area contributed by atoms with Crippen LogP contribution in [0.25, 0.3) is 0 Å². The lowest BCUT2D eigenvalue weighted by Crippen LogP contribution is -2.51. The molecule has 2 aliphatic rings. The largest absolute Gasteiger partial charge is 0.384 e. The molecule has 0 aromatic heterocycles. The standard InChI is InChI=1S/C26H30N4O2S/c1-19-12-14-23(15-13-19)33(31,32)30-22(16-20-8-4-2-5-9-20)17-25(24(18-27)26(30)28)29-21-10-6-3-7-11-21/h2,4-5,8-9,12-15,21-22,28-29H,3,6-7,10-11,16-17H2,1H3. The summed E-state index contributed by atoms with van der Waals surface area (Å²) in [6.07, 6.45) is 6.41. The summed E-state index contributed by atoms with van der Waals surface area (Å²) in [6.45, 7) is 1.90. The van der Waals surface area contributed by atoms with Crippen LogP contribution in [0.5, 0.6) is 0 Å². The maximum absolute atomic E-state index is 13.7. The summed E-state index contributed by atoms with van der Waals surface area (Å²) in [5, 5.41) is 22.3. The molecule has 1 aliphatic carbocycles. The first-order valence-corrected chi connectivity index (χ1v) is 13.0. The molecule has 1 unspecified atom stereocenters. The minimum atomic E-state index is -4.00. The third-order valence-electron chi connectivity index (χ3n) is 6.52. The summed E-state index contributed by atoms with van der Waals surface area (Å²) in [7, 11) is -4.00. The number of hydrogen-bond donors (Lipinski definition) is 2. The molecule has 172 valence electrons. The van der Waals surface area contributed by atoms with Gasteiger partial charge in [0, 0.05) is 18.2 Å². The van der Waals surface area contributed by atoms with Crippen LogP contribution in [0.4, 0.5) is 0 Å². The smallest absolute Gasteiger partial charge is 0.265 e. The highest BCUT2D eigenvalue weighted by atomic mass is 32.2. The Labute approximate surface area is 196 Å². The van der Waals surface area contributed by atoms with Gasteiger partial charge in [0.25, 0.3) is 10.0 Å². The molecule has 1 aliphatic heterocycles. The maximum atomic E-state index is 13.7. The molecule has 6 nitrogen and oxygen atoms in total. The molecular formula is C26H30N4O2S. The molecule has 0 bridgehead atoms. The van der Waals surface area contributed by atoms with Gasteiger partial charge in [0.1, 0.15) is 11.6 Å². The number of aryl methyl sites for hydroxylation is 1. The maximum Gasteiger partial charge on any atom is 0.265 e. The number of nitrogens with zero attached hydrogens (tertiary/aromatic N) is 2. The summed E-state index contributed by atoms with van der Waals surface area (Å²) in [5.41, 5.74) is 2.78. The van der Waals surface area contributed by atoms with Gasteiger partial charge in [0.2, 0.25) is 0 Å². The van der Waals surface area contributed by atoms with E-state index in [0.717, 1.165) is 41.1 Å². The van der Waals surface area contributed by atoms with Gasteiger partial charge in [0.15, 0.2) is 5.84 Å². The van der Waals surface area contributed by atoms with Crippen molar-refractivity contribution < 1.29 is 8.42 Å². The molecule has 7 heteroatoms. The van der Waals surface area contributed by atoms with Gasteiger partial charge in [-0.15, -0.1) is 0 Å². The molecule has 33 heavy (non-hydrogen) atoms. The van der Waals surface area contributed by atoms with E-state index in [9.17, 15) is 13.7 Å². The van der Waals surface area contributed by atoms with E-state index < -0.39 is 16.1 Å². The van der Waals surface area contributed by atoms with Gasteiger partial charge in [-0.05, 0) is 43.9 Å². The number of nitrogens with one attached hydrogen (secondary N) is 2. The highest BCUT2D eigenvalue weighted by Gasteiger charge is 2.40. The normalized spacial score (nSPS) is 19.9. The SMILES string of the molecule is Cc1ccc(S(=O)(=O)N2C(=N)C(C#N)=C(NC3CCCCC3)CC2Cc2ccccc2)cc1. The monoisotopic (exact) mass is 462 g/mol. The Hall–Kier alpha value is -3.11. The lowest BCUT2D eigenvalue weighted by atomic mass is 9.92. The zero-order valence-corrected chi connectivity index (χ0v) is 19.7. The molecule has 0 radical (unpaired) electrons. The second kappa shape index (κ2) is 9.80. The van der Waals surface area contributed by atoms with Crippen molar-refractivity contribution >= 4 is 15.9 Å². The van der Waals surface area contributed by atoms with Gasteiger partial charge in [-0.2, -0.15) is 5.26 Å². The Morgan fingerprint density at radius 3 is 2.36 bits per heavy atom. The van der Waals surface area contributed by atoms with Crippen molar-refractivity contribution in [1.82, 2.24) is 9.62 Å². The van der Waals surface area contributed by atoms with Crippen molar-refractivity contribution in [3.05, 3.63) is 77.0 Å². The zero-order valence-electron chi connectivity index (χ0n) is 18.9. The lowest BCUT2D eigenvalue weighted by Gasteiger charge is -2.39. The summed E-state index contributed by atoms with van der Waals surface area (Å²) in [5.74, 6) is -0.247. The van der Waals surface area contributed by atoms with Crippen molar-refractivity contribution in [2.24, 2.45) is 0 Å². The van der Waals surface area contributed by atoms with Crippen LogP contribution in [0, 0.1) is 23.7 Å². The average Bonchev–Trinajstić information content (AvgIpc) is 2.81. The molecule has 0 spiro atoms. The van der Waals surface area contributed by atoms with E-state index in [1.165, 1.54) is 6.42 Å². The second-order valence-electron chi connectivity index (χ2n) is 8.95. The van der Waals surface area contributed by atoms with Crippen LogP contribution in [0.3, 0.4) is 0 Å². The molecule has 1 atom stereocenters. The minimum absolute atomic E-state index is 0.126. The van der Waals surface area contributed by atoms with Gasteiger partial charge < -0.3 is 5.32 Å². The summed E-state index contributed by atoms with van der Waals surface area (Å²) in [4.78, 5) is 0.136. The number of sulfonamides is 1. The molecule has 2 aromatic rings. The predicted octanol–water partition coefficient (Wildman–Crippen LogP) is 4.68. The third kappa shape index (κ3) is 4.96. The molecule has 2 aromatic carbocycles. The van der Waals surface area contributed by atoms with Crippen molar-refractivity contribution in [2.45, 2.75) is 68.8 Å². The Morgan fingerprint density at radius 2 is 1.73 bits per heavy atom. The van der Waals surface area contributed by atoms with Gasteiger partial charge in [-0.25, -0.2) is 12.7 Å². The van der Waals surface area contributed by atoms with E-state index in [1.807, 2.05) is 37.3 Å². The molecule has 1 saturated carbocycles. The van der Waals surface area contributed by atoms with E-state index in [1.54, 1.807) is 24.3 Å². The lowest BCUT2D eigenvalue weighted by molar-refractivity contribution is 0.363. The number of rotatable bonds is 6. The van der Waals surface area contributed by atoms with E-state index in [2.05, 4.69) is 11.4 Å². The first kappa shape index (κ1) is 23.1. The number of amidine groups is 1. The highest BCUT2D eigenvalue weighted by molar-refractivity contribution is 7.89. The van der Waals surface area contributed by atoms with E-state index >= 15 is 0 Å². The van der Waals surface area contributed by atoms with E-state index in [-0.39, 0.29) is 22.3 Å². The van der Waals surface area contributed by atoms with Crippen LogP contribution in [-0.4, -0.2) is 30.6 Å². The molecular weight excluding hydrogens is 432 g/mol. The minimum Gasteiger partial charge on any atom is -0.384 e. The predicted molar refractivity (Wildman–Crippen MR) is 129 cm³/mol. The Kier molecular flexibility index (Phi) is 6.85. The van der Waals surface area contributed by atoms with E-state index in [4.69, 9.17) is 5.41 Å². The van der Waals surface area contributed by atoms with Crippen LogP contribution in [0.1, 0.15) is 49.7 Å². The van der Waals surface area contributed by atoms with Crippen molar-refractivity contribution in [3.63, 3.8) is 0 Å². The second-order valence-corrected chi connectivity index (χ2v) is 10.8. The topological polar surface area (TPSA) is 97.1 Å². The molecule has 0 amide bonds. The zero-order chi connectivity index (χ0) is 23.4. The van der Waals surface area contributed by atoms with Gasteiger partial charge in [-0.3, -0.25) is 5.41 Å². The first-order valence-electron chi connectivity index (χ1n) is 11.5. The van der Waals surface area contributed by atoms with Crippen LogP contribution < -0.4 is 5.32 Å². The summed E-state index contributed by atoms with van der Waals surface area (Å²) >= 11 is 0. The fourth-order valence-corrected chi connectivity index (χ4v) is 6.36. The van der Waals surface area contributed by atoms with Crippen LogP contribution in [-0.2, 0) is 16.4 Å². The Balaban J connectivity index is 1.74. The van der Waals surface area contributed by atoms with E-state index in [0.29, 0.717) is 18.5 Å². The van der Waals surface area contributed by atoms with Gasteiger partial charge in [-0.1, -0.05) is 67.3 Å². The number of hydrogen-bond acceptors (Lipinski definition) is 5.